The summed E-state index contributed by atoms with van der Waals surface area (Å²) >= 11 is 1.54. The number of thiazole rings is 1. The van der Waals surface area contributed by atoms with Crippen molar-refractivity contribution in [2.75, 3.05) is 12.1 Å². The number of para-hydroxylation sites is 2. The van der Waals surface area contributed by atoms with Crippen LogP contribution in [0.15, 0.2) is 82.7 Å². The fraction of sp³-hybridized carbons (Fsp3) is 0.115. The third kappa shape index (κ3) is 3.31. The number of hydrazone groups is 1. The lowest BCUT2D eigenvalue weighted by Crippen LogP contribution is -2.19. The van der Waals surface area contributed by atoms with Crippen molar-refractivity contribution in [3.8, 4) is 11.5 Å². The van der Waals surface area contributed by atoms with Crippen LogP contribution in [0.3, 0.4) is 0 Å². The molecule has 1 aliphatic rings. The van der Waals surface area contributed by atoms with Gasteiger partial charge in [0.25, 0.3) is 5.56 Å². The second kappa shape index (κ2) is 8.00. The van der Waals surface area contributed by atoms with Crippen molar-refractivity contribution < 1.29 is 9.84 Å². The van der Waals surface area contributed by atoms with E-state index >= 15 is 0 Å². The number of hydrogen-bond donors (Lipinski definition) is 2. The molecule has 2 N–H and O–H groups in total. The van der Waals surface area contributed by atoms with Gasteiger partial charge in [-0.05, 0) is 42.0 Å². The zero-order valence-electron chi connectivity index (χ0n) is 18.2. The Morgan fingerprint density at radius 3 is 2.62 bits per heavy atom. The summed E-state index contributed by atoms with van der Waals surface area (Å²) in [7, 11) is 1.63. The Labute approximate surface area is 198 Å². The Morgan fingerprint density at radius 2 is 1.82 bits per heavy atom. The second-order valence-corrected chi connectivity index (χ2v) is 9.08. The van der Waals surface area contributed by atoms with Crippen molar-refractivity contribution in [1.29, 1.82) is 0 Å². The molecule has 1 aliphatic heterocycles. The first-order valence-electron chi connectivity index (χ1n) is 10.8. The molecule has 0 radical (unpaired) electrons. The smallest absolute Gasteiger partial charge is 0.261 e. The van der Waals surface area contributed by atoms with Gasteiger partial charge in [-0.15, -0.1) is 0 Å². The van der Waals surface area contributed by atoms with E-state index in [9.17, 15) is 9.90 Å². The maximum Gasteiger partial charge on any atom is 0.261 e. The van der Waals surface area contributed by atoms with Gasteiger partial charge in [0, 0.05) is 11.8 Å². The number of fused-ring (bicyclic) bond motifs is 2. The molecule has 0 bridgehead atoms. The number of benzene rings is 3. The van der Waals surface area contributed by atoms with Crippen molar-refractivity contribution in [2.24, 2.45) is 5.10 Å². The Morgan fingerprint density at radius 1 is 1.06 bits per heavy atom. The minimum absolute atomic E-state index is 0.0577. The molecule has 1 atom stereocenters. The van der Waals surface area contributed by atoms with Gasteiger partial charge in [-0.2, -0.15) is 5.10 Å². The first kappa shape index (κ1) is 20.4. The SMILES string of the molecule is COc1ccc(C2CC(c3c(O)c4ccccc4[nH]c3=O)=NN2c2nc3ccccc3s2)cc1. The van der Waals surface area contributed by atoms with E-state index in [1.165, 1.54) is 0 Å². The molecule has 0 saturated carbocycles. The molecule has 0 saturated heterocycles. The van der Waals surface area contributed by atoms with Crippen molar-refractivity contribution in [2.45, 2.75) is 12.5 Å². The number of nitrogens with one attached hydrogen (secondary N) is 1. The summed E-state index contributed by atoms with van der Waals surface area (Å²) in [5.74, 6) is 0.704. The summed E-state index contributed by atoms with van der Waals surface area (Å²) in [5, 5.41) is 19.0. The Bertz CT molecular complexity index is 1590. The minimum atomic E-state index is -0.366. The van der Waals surface area contributed by atoms with Crippen LogP contribution in [-0.2, 0) is 0 Å². The second-order valence-electron chi connectivity index (χ2n) is 8.07. The molecule has 8 heteroatoms. The van der Waals surface area contributed by atoms with E-state index in [1.807, 2.05) is 65.7 Å². The fourth-order valence-electron chi connectivity index (χ4n) is 4.37. The monoisotopic (exact) mass is 468 g/mol. The van der Waals surface area contributed by atoms with Gasteiger partial charge in [0.15, 0.2) is 0 Å². The van der Waals surface area contributed by atoms with Crippen LogP contribution in [0.25, 0.3) is 21.1 Å². The molecule has 6 rings (SSSR count). The molecule has 0 spiro atoms. The van der Waals surface area contributed by atoms with Crippen LogP contribution in [0, 0.1) is 0 Å². The number of H-pyrrole nitrogens is 1. The first-order chi connectivity index (χ1) is 16.6. The quantitative estimate of drug-likeness (QED) is 0.378. The Hall–Kier alpha value is -4.17. The highest BCUT2D eigenvalue weighted by Crippen LogP contribution is 2.41. The van der Waals surface area contributed by atoms with Gasteiger partial charge in [0.05, 0.1) is 34.6 Å². The van der Waals surface area contributed by atoms with Gasteiger partial charge < -0.3 is 14.8 Å². The molecular weight excluding hydrogens is 448 g/mol. The van der Waals surface area contributed by atoms with Gasteiger partial charge in [0.1, 0.15) is 17.1 Å². The lowest BCUT2D eigenvalue weighted by molar-refractivity contribution is 0.414. The average molecular weight is 469 g/mol. The zero-order valence-corrected chi connectivity index (χ0v) is 19.0. The van der Waals surface area contributed by atoms with Gasteiger partial charge >= 0.3 is 0 Å². The predicted molar refractivity (Wildman–Crippen MR) is 135 cm³/mol. The molecule has 3 aromatic carbocycles. The lowest BCUT2D eigenvalue weighted by Gasteiger charge is -2.21. The van der Waals surface area contributed by atoms with E-state index in [1.54, 1.807) is 30.6 Å². The molecule has 5 aromatic rings. The van der Waals surface area contributed by atoms with Crippen LogP contribution in [0.2, 0.25) is 0 Å². The maximum absolute atomic E-state index is 13.0. The molecule has 0 fully saturated rings. The van der Waals surface area contributed by atoms with Gasteiger partial charge in [0.2, 0.25) is 5.13 Å². The Kier molecular flexibility index (Phi) is 4.81. The van der Waals surface area contributed by atoms with E-state index in [0.29, 0.717) is 23.0 Å². The number of pyridine rings is 1. The Balaban J connectivity index is 1.50. The van der Waals surface area contributed by atoms with E-state index < -0.39 is 0 Å². The van der Waals surface area contributed by atoms with E-state index in [-0.39, 0.29) is 22.9 Å². The largest absolute Gasteiger partial charge is 0.506 e. The molecular formula is C26H20N4O3S. The van der Waals surface area contributed by atoms with Crippen LogP contribution in [0.4, 0.5) is 5.13 Å². The van der Waals surface area contributed by atoms with Crippen LogP contribution in [0.1, 0.15) is 23.6 Å². The third-order valence-electron chi connectivity index (χ3n) is 6.07. The lowest BCUT2D eigenvalue weighted by atomic mass is 9.97. The van der Waals surface area contributed by atoms with Crippen molar-refractivity contribution in [1.82, 2.24) is 9.97 Å². The van der Waals surface area contributed by atoms with Crippen molar-refractivity contribution >= 4 is 43.3 Å². The summed E-state index contributed by atoms with van der Waals surface area (Å²) in [4.78, 5) is 20.7. The number of aromatic hydroxyl groups is 1. The number of rotatable bonds is 4. The van der Waals surface area contributed by atoms with Gasteiger partial charge in [-0.1, -0.05) is 47.7 Å². The van der Waals surface area contributed by atoms with Gasteiger partial charge in [-0.25, -0.2) is 9.99 Å². The maximum atomic E-state index is 13.0. The summed E-state index contributed by atoms with van der Waals surface area (Å²) in [6.07, 6.45) is 0.442. The molecule has 3 heterocycles. The molecule has 1 unspecified atom stereocenters. The summed E-state index contributed by atoms with van der Waals surface area (Å²) in [6, 6.07) is 22.7. The highest BCUT2D eigenvalue weighted by molar-refractivity contribution is 7.22. The molecule has 0 amide bonds. The first-order valence-corrected chi connectivity index (χ1v) is 11.6. The summed E-state index contributed by atoms with van der Waals surface area (Å²) in [6.45, 7) is 0. The number of nitrogens with zero attached hydrogens (tertiary/aromatic N) is 3. The summed E-state index contributed by atoms with van der Waals surface area (Å²) in [5.41, 5.74) is 2.84. The number of anilines is 1. The average Bonchev–Trinajstić information content (AvgIpc) is 3.49. The fourth-order valence-corrected chi connectivity index (χ4v) is 5.34. The van der Waals surface area contributed by atoms with Crippen molar-refractivity contribution in [3.05, 3.63) is 94.3 Å². The van der Waals surface area contributed by atoms with E-state index in [2.05, 4.69) is 4.98 Å². The highest BCUT2D eigenvalue weighted by Gasteiger charge is 2.34. The number of hydrogen-bond acceptors (Lipinski definition) is 7. The standard InChI is InChI=1S/C26H20N4O3S/c1-33-16-12-10-15(11-13-16)21-14-20(23-24(31)17-6-2-3-7-18(17)27-25(23)32)29-30(21)26-28-19-8-4-5-9-22(19)34-26/h2-13,21H,14H2,1H3,(H2,27,31,32). The number of aromatic nitrogens is 2. The number of methoxy groups -OCH3 is 1. The number of ether oxygens (including phenoxy) is 1. The van der Waals surface area contributed by atoms with Crippen LogP contribution in [0.5, 0.6) is 11.5 Å². The zero-order chi connectivity index (χ0) is 23.2. The number of aromatic amines is 1. The third-order valence-corrected chi connectivity index (χ3v) is 7.10. The molecule has 0 aliphatic carbocycles. The summed E-state index contributed by atoms with van der Waals surface area (Å²) < 4.78 is 6.37. The molecule has 168 valence electrons. The van der Waals surface area contributed by atoms with Gasteiger partial charge in [-0.3, -0.25) is 4.79 Å². The predicted octanol–water partition coefficient (Wildman–Crippen LogP) is 5.21. The molecule has 34 heavy (non-hydrogen) atoms. The van der Waals surface area contributed by atoms with Crippen molar-refractivity contribution in [3.63, 3.8) is 0 Å². The highest BCUT2D eigenvalue weighted by atomic mass is 32.1. The van der Waals surface area contributed by atoms with E-state index in [0.717, 1.165) is 26.7 Å². The molecule has 7 nitrogen and oxygen atoms in total. The van der Waals surface area contributed by atoms with E-state index in [4.69, 9.17) is 14.8 Å². The van der Waals surface area contributed by atoms with Crippen LogP contribution in [-0.4, -0.2) is 27.9 Å². The van der Waals surface area contributed by atoms with Crippen LogP contribution < -0.4 is 15.3 Å². The molecule has 2 aromatic heterocycles. The normalized spacial score (nSPS) is 15.7. The van der Waals surface area contributed by atoms with Crippen LogP contribution >= 0.6 is 11.3 Å². The minimum Gasteiger partial charge on any atom is -0.506 e. The topological polar surface area (TPSA) is 90.8 Å².